The second-order valence-corrected chi connectivity index (χ2v) is 10.2. The van der Waals surface area contributed by atoms with Gasteiger partial charge >= 0.3 is 12.1 Å². The molecule has 0 aliphatic rings. The zero-order valence-corrected chi connectivity index (χ0v) is 23.9. The molecule has 5 heteroatoms. The van der Waals surface area contributed by atoms with Crippen molar-refractivity contribution in [1.29, 1.82) is 0 Å². The highest BCUT2D eigenvalue weighted by atomic mass is 16.7. The Bertz CT molecular complexity index is 981. The van der Waals surface area contributed by atoms with Crippen molar-refractivity contribution in [2.75, 3.05) is 7.11 Å². The molecule has 5 nitrogen and oxygen atoms in total. The molecule has 0 radical (unpaired) electrons. The van der Waals surface area contributed by atoms with Gasteiger partial charge in [0.1, 0.15) is 5.75 Å². The van der Waals surface area contributed by atoms with E-state index in [-0.39, 0.29) is 5.97 Å². The summed E-state index contributed by atoms with van der Waals surface area (Å²) >= 11 is 0. The molecule has 0 aliphatic heterocycles. The summed E-state index contributed by atoms with van der Waals surface area (Å²) in [6.45, 7) is 4.45. The zero-order valence-electron chi connectivity index (χ0n) is 23.9. The molecule has 0 saturated heterocycles. The summed E-state index contributed by atoms with van der Waals surface area (Å²) < 4.78 is 10.4. The van der Waals surface area contributed by atoms with E-state index in [0.29, 0.717) is 11.3 Å². The third kappa shape index (κ3) is 10.5. The predicted octanol–water partition coefficient (Wildman–Crippen LogP) is 9.78. The molecule has 0 heterocycles. The van der Waals surface area contributed by atoms with Gasteiger partial charge in [0.15, 0.2) is 0 Å². The van der Waals surface area contributed by atoms with Crippen LogP contribution < -0.4 is 4.74 Å². The summed E-state index contributed by atoms with van der Waals surface area (Å²) in [5.74, 6) is 0.0442. The van der Waals surface area contributed by atoms with Gasteiger partial charge in [-0.25, -0.2) is 9.59 Å². The minimum Gasteiger partial charge on any atom is -0.465 e. The largest absolute Gasteiger partial charge is 0.511 e. The lowest BCUT2D eigenvalue weighted by Gasteiger charge is -2.20. The number of carbonyl (C=O) groups excluding carboxylic acids is 1. The van der Waals surface area contributed by atoms with Crippen LogP contribution in [0.4, 0.5) is 4.79 Å². The smallest absolute Gasteiger partial charge is 0.465 e. The fourth-order valence-electron chi connectivity index (χ4n) is 5.20. The van der Waals surface area contributed by atoms with Gasteiger partial charge in [-0.15, -0.1) is 0 Å². The molecule has 0 aromatic heterocycles. The van der Waals surface area contributed by atoms with Crippen molar-refractivity contribution < 1.29 is 24.2 Å². The topological polar surface area (TPSA) is 72.8 Å². The maximum Gasteiger partial charge on any atom is 0.511 e. The molecular formula is C33H48O5. The minimum atomic E-state index is -1.30. The summed E-state index contributed by atoms with van der Waals surface area (Å²) in [4.78, 5) is 24.1. The Labute approximate surface area is 229 Å². The van der Waals surface area contributed by atoms with Crippen LogP contribution in [0.25, 0.3) is 11.1 Å². The molecule has 0 fully saturated rings. The summed E-state index contributed by atoms with van der Waals surface area (Å²) in [7, 11) is 1.40. The molecule has 210 valence electrons. The second-order valence-electron chi connectivity index (χ2n) is 10.2. The van der Waals surface area contributed by atoms with Crippen molar-refractivity contribution in [1.82, 2.24) is 0 Å². The maximum atomic E-state index is 12.6. The molecule has 2 aromatic rings. The summed E-state index contributed by atoms with van der Waals surface area (Å²) in [5, 5.41) is 9.44. The number of carbonyl (C=O) groups is 2. The highest BCUT2D eigenvalue weighted by molar-refractivity contribution is 5.98. The van der Waals surface area contributed by atoms with Crippen LogP contribution in [0, 0.1) is 0 Å². The van der Waals surface area contributed by atoms with Gasteiger partial charge in [-0.05, 0) is 60.1 Å². The second kappa shape index (κ2) is 18.4. The van der Waals surface area contributed by atoms with Crippen LogP contribution in [0.1, 0.15) is 125 Å². The molecule has 2 rings (SSSR count). The van der Waals surface area contributed by atoms with Gasteiger partial charge in [0, 0.05) is 0 Å². The molecule has 0 atom stereocenters. The number of hydrogen-bond donors (Lipinski definition) is 1. The van der Waals surface area contributed by atoms with Crippen molar-refractivity contribution >= 4 is 12.1 Å². The molecule has 0 saturated carbocycles. The minimum absolute atomic E-state index is 0.373. The third-order valence-electron chi connectivity index (χ3n) is 7.27. The lowest BCUT2D eigenvalue weighted by Crippen LogP contribution is -2.10. The van der Waals surface area contributed by atoms with Crippen molar-refractivity contribution in [2.24, 2.45) is 0 Å². The Kier molecular flexibility index (Phi) is 15.2. The quantitative estimate of drug-likeness (QED) is 0.112. The van der Waals surface area contributed by atoms with E-state index >= 15 is 0 Å². The highest BCUT2D eigenvalue weighted by Crippen LogP contribution is 2.37. The summed E-state index contributed by atoms with van der Waals surface area (Å²) in [6, 6.07) is 11.2. The van der Waals surface area contributed by atoms with Crippen molar-refractivity contribution in [3.8, 4) is 16.9 Å². The lowest BCUT2D eigenvalue weighted by atomic mass is 9.87. The van der Waals surface area contributed by atoms with E-state index < -0.39 is 6.16 Å². The average Bonchev–Trinajstić information content (AvgIpc) is 2.92. The maximum absolute atomic E-state index is 12.6. The van der Waals surface area contributed by atoms with Crippen LogP contribution in [-0.2, 0) is 17.6 Å². The Morgan fingerprint density at radius 2 is 1.18 bits per heavy atom. The van der Waals surface area contributed by atoms with Crippen molar-refractivity contribution in [3.63, 3.8) is 0 Å². The molecule has 2 aromatic carbocycles. The van der Waals surface area contributed by atoms with Gasteiger partial charge in [0.05, 0.1) is 12.7 Å². The van der Waals surface area contributed by atoms with E-state index in [4.69, 9.17) is 9.47 Å². The number of hydrogen-bond acceptors (Lipinski definition) is 4. The molecule has 38 heavy (non-hydrogen) atoms. The third-order valence-corrected chi connectivity index (χ3v) is 7.27. The molecule has 0 spiro atoms. The molecule has 0 bridgehead atoms. The van der Waals surface area contributed by atoms with E-state index in [1.165, 1.54) is 71.3 Å². The molecule has 1 N–H and O–H groups in total. The molecule has 0 aliphatic carbocycles. The number of ether oxygens (including phenoxy) is 2. The highest BCUT2D eigenvalue weighted by Gasteiger charge is 2.21. The van der Waals surface area contributed by atoms with Gasteiger partial charge in [0.2, 0.25) is 0 Å². The van der Waals surface area contributed by atoms with Crippen LogP contribution in [-0.4, -0.2) is 24.3 Å². The van der Waals surface area contributed by atoms with Gasteiger partial charge < -0.3 is 14.6 Å². The van der Waals surface area contributed by atoms with Gasteiger partial charge in [-0.3, -0.25) is 0 Å². The number of unbranched alkanes of at least 4 members (excludes halogenated alkanes) is 12. The normalized spacial score (nSPS) is 10.9. The predicted molar refractivity (Wildman–Crippen MR) is 155 cm³/mol. The van der Waals surface area contributed by atoms with E-state index in [0.717, 1.165) is 60.8 Å². The van der Waals surface area contributed by atoms with Gasteiger partial charge in [-0.1, -0.05) is 115 Å². The van der Waals surface area contributed by atoms with Crippen molar-refractivity contribution in [3.05, 3.63) is 53.1 Å². The first kappa shape index (κ1) is 31.4. The van der Waals surface area contributed by atoms with E-state index in [1.54, 1.807) is 12.1 Å². The summed E-state index contributed by atoms with van der Waals surface area (Å²) in [6.07, 6.45) is 17.0. The van der Waals surface area contributed by atoms with Crippen LogP contribution >= 0.6 is 0 Å². The van der Waals surface area contributed by atoms with E-state index in [1.807, 2.05) is 24.3 Å². The van der Waals surface area contributed by atoms with E-state index in [2.05, 4.69) is 13.8 Å². The first-order chi connectivity index (χ1) is 18.5. The lowest BCUT2D eigenvalue weighted by molar-refractivity contribution is 0.0601. The van der Waals surface area contributed by atoms with Crippen LogP contribution in [0.3, 0.4) is 0 Å². The Hall–Kier alpha value is -2.82. The number of esters is 1. The van der Waals surface area contributed by atoms with Gasteiger partial charge in [-0.2, -0.15) is 0 Å². The Morgan fingerprint density at radius 3 is 1.74 bits per heavy atom. The van der Waals surface area contributed by atoms with Crippen molar-refractivity contribution in [2.45, 2.75) is 117 Å². The molecule has 0 unspecified atom stereocenters. The first-order valence-corrected chi connectivity index (χ1v) is 14.8. The first-order valence-electron chi connectivity index (χ1n) is 14.8. The molecule has 0 amide bonds. The number of benzene rings is 2. The van der Waals surface area contributed by atoms with Gasteiger partial charge in [0.25, 0.3) is 0 Å². The standard InChI is InChI=1S/C33H48O5/c1-4-6-8-10-12-14-16-20-26-28(27-21-18-19-23-30(27)32(34)37-3)24-25-31(38-33(35)36)29(26)22-17-15-13-11-9-7-5-2/h18-19,21,23-25H,4-17,20,22H2,1-3H3,(H,35,36). The average molecular weight is 525 g/mol. The Morgan fingerprint density at radius 1 is 0.658 bits per heavy atom. The number of methoxy groups -OCH3 is 1. The monoisotopic (exact) mass is 524 g/mol. The fourth-order valence-corrected chi connectivity index (χ4v) is 5.20. The fraction of sp³-hybridized carbons (Fsp3) is 0.576. The van der Waals surface area contributed by atoms with Crippen LogP contribution in [0.5, 0.6) is 5.75 Å². The van der Waals surface area contributed by atoms with Crippen LogP contribution in [0.15, 0.2) is 36.4 Å². The number of carboxylic acid groups (broad SMARTS) is 1. The zero-order chi connectivity index (χ0) is 27.6. The summed E-state index contributed by atoms with van der Waals surface area (Å²) in [5.41, 5.74) is 4.36. The van der Waals surface area contributed by atoms with Crippen LogP contribution in [0.2, 0.25) is 0 Å². The SMILES string of the molecule is CCCCCCCCCc1c(OC(=O)O)ccc(-c2ccccc2C(=O)OC)c1CCCCCCCCC. The Balaban J connectivity index is 2.37. The molecular weight excluding hydrogens is 476 g/mol. The van der Waals surface area contributed by atoms with E-state index in [9.17, 15) is 14.7 Å². The number of rotatable bonds is 19.